The van der Waals surface area contributed by atoms with Gasteiger partial charge < -0.3 is 10.1 Å². The first-order valence-corrected chi connectivity index (χ1v) is 7.12. The van der Waals surface area contributed by atoms with Crippen LogP contribution in [0.5, 0.6) is 5.75 Å². The monoisotopic (exact) mass is 321 g/mol. The average molecular weight is 322 g/mol. The number of hydrogen-bond acceptors (Lipinski definition) is 4. The van der Waals surface area contributed by atoms with Crippen LogP contribution in [0.25, 0.3) is 0 Å². The number of nitrogens with zero attached hydrogens (tertiary/aromatic N) is 2. The van der Waals surface area contributed by atoms with Crippen molar-refractivity contribution in [1.82, 2.24) is 4.98 Å². The lowest BCUT2D eigenvalue weighted by Crippen LogP contribution is -2.08. The number of rotatable bonds is 6. The maximum absolute atomic E-state index is 8.68. The third-order valence-corrected chi connectivity index (χ3v) is 3.20. The van der Waals surface area contributed by atoms with Gasteiger partial charge in [0.1, 0.15) is 17.6 Å². The standard InChI is InChI=1S/C15H13Cl2N3O/c16-12-3-4-14(13(17)8-12)21-7-1-6-19-15-5-2-11(9-18)10-20-15/h2-5,8,10H,1,6-7H2,(H,19,20). The Kier molecular flexibility index (Phi) is 5.68. The number of ether oxygens (including phenoxy) is 1. The van der Waals surface area contributed by atoms with Crippen molar-refractivity contribution in [1.29, 1.82) is 5.26 Å². The molecule has 4 nitrogen and oxygen atoms in total. The van der Waals surface area contributed by atoms with E-state index in [1.165, 1.54) is 6.20 Å². The fraction of sp³-hybridized carbons (Fsp3) is 0.200. The predicted octanol–water partition coefficient (Wildman–Crippen LogP) is 4.14. The molecule has 0 bridgehead atoms. The van der Waals surface area contributed by atoms with Gasteiger partial charge in [-0.3, -0.25) is 0 Å². The molecule has 1 aromatic heterocycles. The van der Waals surface area contributed by atoms with Gasteiger partial charge in [-0.05, 0) is 36.8 Å². The molecule has 0 fully saturated rings. The van der Waals surface area contributed by atoms with Crippen molar-refractivity contribution >= 4 is 29.0 Å². The number of nitriles is 1. The Balaban J connectivity index is 1.71. The van der Waals surface area contributed by atoms with Crippen molar-refractivity contribution in [3.63, 3.8) is 0 Å². The molecular weight excluding hydrogens is 309 g/mol. The first-order valence-electron chi connectivity index (χ1n) is 6.37. The molecule has 0 unspecified atom stereocenters. The van der Waals surface area contributed by atoms with Crippen LogP contribution >= 0.6 is 23.2 Å². The van der Waals surface area contributed by atoms with Crippen LogP contribution in [0.3, 0.4) is 0 Å². The van der Waals surface area contributed by atoms with E-state index in [9.17, 15) is 0 Å². The Morgan fingerprint density at radius 2 is 2.10 bits per heavy atom. The van der Waals surface area contributed by atoms with Crippen molar-refractivity contribution in [2.45, 2.75) is 6.42 Å². The van der Waals surface area contributed by atoms with Crippen LogP contribution in [0, 0.1) is 11.3 Å². The highest BCUT2D eigenvalue weighted by molar-refractivity contribution is 6.35. The average Bonchev–Trinajstić information content (AvgIpc) is 2.49. The highest BCUT2D eigenvalue weighted by atomic mass is 35.5. The molecule has 0 saturated heterocycles. The van der Waals surface area contributed by atoms with E-state index in [2.05, 4.69) is 10.3 Å². The Morgan fingerprint density at radius 3 is 2.76 bits per heavy atom. The summed E-state index contributed by atoms with van der Waals surface area (Å²) in [5.74, 6) is 1.36. The molecule has 6 heteroatoms. The van der Waals surface area contributed by atoms with E-state index >= 15 is 0 Å². The van der Waals surface area contributed by atoms with E-state index < -0.39 is 0 Å². The molecule has 0 aliphatic heterocycles. The molecule has 0 saturated carbocycles. The smallest absolute Gasteiger partial charge is 0.137 e. The van der Waals surface area contributed by atoms with Crippen LogP contribution in [-0.4, -0.2) is 18.1 Å². The SMILES string of the molecule is N#Cc1ccc(NCCCOc2ccc(Cl)cc2Cl)nc1. The van der Waals surface area contributed by atoms with Crippen LogP contribution in [-0.2, 0) is 0 Å². The Hall–Kier alpha value is -1.96. The first kappa shape index (κ1) is 15.4. The zero-order valence-corrected chi connectivity index (χ0v) is 12.7. The second-order valence-electron chi connectivity index (χ2n) is 4.25. The number of hydrogen-bond donors (Lipinski definition) is 1. The number of pyridine rings is 1. The summed E-state index contributed by atoms with van der Waals surface area (Å²) < 4.78 is 5.57. The number of aromatic nitrogens is 1. The molecule has 0 amide bonds. The molecule has 2 aromatic rings. The summed E-state index contributed by atoms with van der Waals surface area (Å²) >= 11 is 11.8. The Labute approximate surface area is 133 Å². The van der Waals surface area contributed by atoms with Gasteiger partial charge in [0, 0.05) is 17.8 Å². The summed E-state index contributed by atoms with van der Waals surface area (Å²) in [7, 11) is 0. The zero-order valence-electron chi connectivity index (χ0n) is 11.1. The molecule has 0 radical (unpaired) electrons. The third kappa shape index (κ3) is 4.82. The zero-order chi connectivity index (χ0) is 15.1. The van der Waals surface area contributed by atoms with Crippen LogP contribution in [0.2, 0.25) is 10.0 Å². The minimum Gasteiger partial charge on any atom is -0.492 e. The number of anilines is 1. The van der Waals surface area contributed by atoms with Gasteiger partial charge in [-0.25, -0.2) is 4.98 Å². The molecule has 1 aromatic carbocycles. The van der Waals surface area contributed by atoms with Gasteiger partial charge in [-0.2, -0.15) is 5.26 Å². The van der Waals surface area contributed by atoms with E-state index in [0.717, 1.165) is 12.2 Å². The van der Waals surface area contributed by atoms with Gasteiger partial charge in [0.25, 0.3) is 0 Å². The molecular formula is C15H13Cl2N3O. The molecule has 0 aliphatic carbocycles. The van der Waals surface area contributed by atoms with Crippen LogP contribution < -0.4 is 10.1 Å². The summed E-state index contributed by atoms with van der Waals surface area (Å²) in [6.07, 6.45) is 2.33. The maximum Gasteiger partial charge on any atom is 0.137 e. The van der Waals surface area contributed by atoms with Gasteiger partial charge in [-0.1, -0.05) is 23.2 Å². The Bertz CT molecular complexity index is 638. The molecule has 2 rings (SSSR count). The summed E-state index contributed by atoms with van der Waals surface area (Å²) in [6, 6.07) is 10.7. The number of nitrogens with one attached hydrogen (secondary N) is 1. The largest absolute Gasteiger partial charge is 0.492 e. The van der Waals surface area contributed by atoms with Crippen molar-refractivity contribution in [3.8, 4) is 11.8 Å². The topological polar surface area (TPSA) is 57.9 Å². The summed E-state index contributed by atoms with van der Waals surface area (Å²) in [4.78, 5) is 4.12. The van der Waals surface area contributed by atoms with Gasteiger partial charge in [-0.15, -0.1) is 0 Å². The molecule has 1 heterocycles. The van der Waals surface area contributed by atoms with Gasteiger partial charge in [0.2, 0.25) is 0 Å². The van der Waals surface area contributed by atoms with E-state index in [-0.39, 0.29) is 0 Å². The number of halogens is 2. The van der Waals surface area contributed by atoms with Gasteiger partial charge in [0.15, 0.2) is 0 Å². The summed E-state index contributed by atoms with van der Waals surface area (Å²) in [5.41, 5.74) is 0.543. The summed E-state index contributed by atoms with van der Waals surface area (Å²) in [5, 5.41) is 12.9. The second kappa shape index (κ2) is 7.72. The maximum atomic E-state index is 8.68. The van der Waals surface area contributed by atoms with E-state index in [1.807, 2.05) is 6.07 Å². The number of benzene rings is 1. The van der Waals surface area contributed by atoms with E-state index in [0.29, 0.717) is 34.5 Å². The molecule has 108 valence electrons. The highest BCUT2D eigenvalue weighted by Crippen LogP contribution is 2.27. The van der Waals surface area contributed by atoms with Crippen molar-refractivity contribution in [3.05, 3.63) is 52.1 Å². The normalized spacial score (nSPS) is 9.95. The fourth-order valence-electron chi connectivity index (χ4n) is 1.63. The minimum atomic E-state index is 0.504. The molecule has 0 aliphatic rings. The van der Waals surface area contributed by atoms with E-state index in [1.54, 1.807) is 30.3 Å². The fourth-order valence-corrected chi connectivity index (χ4v) is 2.09. The lowest BCUT2D eigenvalue weighted by Gasteiger charge is -2.09. The summed E-state index contributed by atoms with van der Waals surface area (Å²) in [6.45, 7) is 1.24. The lowest BCUT2D eigenvalue weighted by molar-refractivity contribution is 0.315. The quantitative estimate of drug-likeness (QED) is 0.812. The van der Waals surface area contributed by atoms with Crippen LogP contribution in [0.4, 0.5) is 5.82 Å². The molecule has 21 heavy (non-hydrogen) atoms. The van der Waals surface area contributed by atoms with Gasteiger partial charge in [0.05, 0.1) is 17.2 Å². The Morgan fingerprint density at radius 1 is 1.24 bits per heavy atom. The molecule has 1 N–H and O–H groups in total. The predicted molar refractivity (Wildman–Crippen MR) is 84.0 cm³/mol. The van der Waals surface area contributed by atoms with Crippen molar-refractivity contribution in [2.24, 2.45) is 0 Å². The highest BCUT2D eigenvalue weighted by Gasteiger charge is 2.02. The third-order valence-electron chi connectivity index (χ3n) is 2.67. The van der Waals surface area contributed by atoms with Crippen LogP contribution in [0.1, 0.15) is 12.0 Å². The van der Waals surface area contributed by atoms with Crippen LogP contribution in [0.15, 0.2) is 36.5 Å². The minimum absolute atomic E-state index is 0.504. The van der Waals surface area contributed by atoms with Crippen molar-refractivity contribution < 1.29 is 4.74 Å². The first-order chi connectivity index (χ1) is 10.2. The second-order valence-corrected chi connectivity index (χ2v) is 5.09. The van der Waals surface area contributed by atoms with Gasteiger partial charge >= 0.3 is 0 Å². The molecule has 0 spiro atoms. The van der Waals surface area contributed by atoms with Crippen molar-refractivity contribution in [2.75, 3.05) is 18.5 Å². The van der Waals surface area contributed by atoms with E-state index in [4.69, 9.17) is 33.2 Å². The molecule has 0 atom stereocenters. The lowest BCUT2D eigenvalue weighted by atomic mass is 10.3.